The smallest absolute Gasteiger partial charge is 0.238 e. The number of nitrogens with one attached hydrogen (secondary N) is 3. The highest BCUT2D eigenvalue weighted by molar-refractivity contribution is 7.99. The van der Waals surface area contributed by atoms with Gasteiger partial charge in [0.15, 0.2) is 0 Å². The Morgan fingerprint density at radius 2 is 2.44 bits per heavy atom. The van der Waals surface area contributed by atoms with Crippen LogP contribution >= 0.6 is 11.8 Å². The lowest BCUT2D eigenvalue weighted by molar-refractivity contribution is -0.122. The zero-order chi connectivity index (χ0) is 11.5. The van der Waals surface area contributed by atoms with Gasteiger partial charge in [0.25, 0.3) is 0 Å². The number of aromatic nitrogens is 1. The Bertz CT molecular complexity index is 383. The summed E-state index contributed by atoms with van der Waals surface area (Å²) >= 11 is 1.76. The molecule has 1 atom stereocenters. The Morgan fingerprint density at radius 1 is 1.62 bits per heavy atom. The Hall–Kier alpha value is -0.940. The minimum Gasteiger partial charge on any atom is -0.362 e. The molecular weight excluding hydrogens is 222 g/mol. The first kappa shape index (κ1) is 11.5. The van der Waals surface area contributed by atoms with E-state index in [1.54, 1.807) is 11.8 Å². The van der Waals surface area contributed by atoms with Gasteiger partial charge in [-0.05, 0) is 25.5 Å². The summed E-state index contributed by atoms with van der Waals surface area (Å²) in [6.45, 7) is 4.66. The van der Waals surface area contributed by atoms with Crippen LogP contribution in [0.15, 0.2) is 6.07 Å². The summed E-state index contributed by atoms with van der Waals surface area (Å²) in [5.74, 6) is 1.85. The maximum Gasteiger partial charge on any atom is 0.238 e. The summed E-state index contributed by atoms with van der Waals surface area (Å²) in [7, 11) is 0. The van der Waals surface area contributed by atoms with E-state index < -0.39 is 0 Å². The third kappa shape index (κ3) is 2.59. The van der Waals surface area contributed by atoms with E-state index in [1.807, 2.05) is 13.8 Å². The molecule has 1 aromatic rings. The molecule has 0 bridgehead atoms. The summed E-state index contributed by atoms with van der Waals surface area (Å²) < 4.78 is 0. The molecular formula is C11H17N3OS. The molecule has 1 saturated heterocycles. The first-order valence-electron chi connectivity index (χ1n) is 5.41. The molecule has 1 aliphatic heterocycles. The van der Waals surface area contributed by atoms with Gasteiger partial charge in [-0.3, -0.25) is 10.1 Å². The minimum atomic E-state index is -0.0228. The van der Waals surface area contributed by atoms with Crippen LogP contribution in [0.5, 0.6) is 0 Å². The van der Waals surface area contributed by atoms with E-state index in [1.165, 1.54) is 0 Å². The molecule has 1 aromatic heterocycles. The van der Waals surface area contributed by atoms with Crippen molar-refractivity contribution in [2.24, 2.45) is 0 Å². The zero-order valence-electron chi connectivity index (χ0n) is 9.59. The van der Waals surface area contributed by atoms with Crippen molar-refractivity contribution in [3.8, 4) is 0 Å². The van der Waals surface area contributed by atoms with E-state index in [0.29, 0.717) is 6.54 Å². The Labute approximate surface area is 99.6 Å². The standard InChI is InChI=1S/C11H17N3OS/c1-7-3-9(8(2)14-7)4-12-11(15)10-5-16-6-13-10/h3,10,13-14H,4-6H2,1-2H3,(H,12,15). The predicted molar refractivity (Wildman–Crippen MR) is 66.4 cm³/mol. The number of hydrogen-bond acceptors (Lipinski definition) is 3. The van der Waals surface area contributed by atoms with E-state index >= 15 is 0 Å². The predicted octanol–water partition coefficient (Wildman–Crippen LogP) is 0.910. The molecule has 4 nitrogen and oxygen atoms in total. The molecule has 2 heterocycles. The van der Waals surface area contributed by atoms with Gasteiger partial charge in [0.05, 0.1) is 6.04 Å². The van der Waals surface area contributed by atoms with Crippen molar-refractivity contribution in [2.75, 3.05) is 11.6 Å². The monoisotopic (exact) mass is 239 g/mol. The van der Waals surface area contributed by atoms with Crippen molar-refractivity contribution in [3.05, 3.63) is 23.0 Å². The largest absolute Gasteiger partial charge is 0.362 e. The second-order valence-electron chi connectivity index (χ2n) is 4.09. The van der Waals surface area contributed by atoms with Gasteiger partial charge in [-0.15, -0.1) is 11.8 Å². The van der Waals surface area contributed by atoms with Crippen LogP contribution in [0.25, 0.3) is 0 Å². The highest BCUT2D eigenvalue weighted by Crippen LogP contribution is 2.11. The van der Waals surface area contributed by atoms with E-state index in [2.05, 4.69) is 21.7 Å². The van der Waals surface area contributed by atoms with Crippen molar-refractivity contribution in [2.45, 2.75) is 26.4 Å². The molecule has 0 saturated carbocycles. The lowest BCUT2D eigenvalue weighted by Gasteiger charge is -2.10. The molecule has 3 N–H and O–H groups in total. The number of aromatic amines is 1. The summed E-state index contributed by atoms with van der Waals surface area (Å²) in [5, 5.41) is 6.12. The molecule has 88 valence electrons. The molecule has 1 amide bonds. The number of carbonyl (C=O) groups excluding carboxylic acids is 1. The molecule has 1 aliphatic rings. The van der Waals surface area contributed by atoms with Crippen LogP contribution in [-0.2, 0) is 11.3 Å². The third-order valence-corrected chi connectivity index (χ3v) is 3.68. The van der Waals surface area contributed by atoms with E-state index in [4.69, 9.17) is 0 Å². The van der Waals surface area contributed by atoms with Gasteiger partial charge in [-0.2, -0.15) is 0 Å². The summed E-state index contributed by atoms with van der Waals surface area (Å²) in [5.41, 5.74) is 3.43. The van der Waals surface area contributed by atoms with Gasteiger partial charge in [0.2, 0.25) is 5.91 Å². The minimum absolute atomic E-state index is 0.0228. The molecule has 5 heteroatoms. The summed E-state index contributed by atoms with van der Waals surface area (Å²) in [4.78, 5) is 15.0. The average Bonchev–Trinajstić information content (AvgIpc) is 2.84. The molecule has 0 spiro atoms. The number of H-pyrrole nitrogens is 1. The van der Waals surface area contributed by atoms with Crippen LogP contribution in [-0.4, -0.2) is 28.6 Å². The summed E-state index contributed by atoms with van der Waals surface area (Å²) in [6.07, 6.45) is 0. The molecule has 0 aliphatic carbocycles. The SMILES string of the molecule is Cc1cc(CNC(=O)C2CSCN2)c(C)[nH]1. The van der Waals surface area contributed by atoms with Crippen LogP contribution in [0.2, 0.25) is 0 Å². The highest BCUT2D eigenvalue weighted by Gasteiger charge is 2.22. The first-order chi connectivity index (χ1) is 7.66. The molecule has 0 radical (unpaired) electrons. The number of aryl methyl sites for hydroxylation is 2. The first-order valence-corrected chi connectivity index (χ1v) is 6.56. The van der Waals surface area contributed by atoms with Crippen molar-refractivity contribution >= 4 is 17.7 Å². The van der Waals surface area contributed by atoms with Gasteiger partial charge in [0, 0.05) is 29.6 Å². The van der Waals surface area contributed by atoms with Crippen molar-refractivity contribution in [3.63, 3.8) is 0 Å². The molecule has 1 fully saturated rings. The van der Waals surface area contributed by atoms with Gasteiger partial charge in [-0.1, -0.05) is 0 Å². The number of carbonyl (C=O) groups is 1. The molecule has 16 heavy (non-hydrogen) atoms. The second-order valence-corrected chi connectivity index (χ2v) is 5.12. The fraction of sp³-hybridized carbons (Fsp3) is 0.545. The quantitative estimate of drug-likeness (QED) is 0.735. The maximum atomic E-state index is 11.7. The number of thioether (sulfide) groups is 1. The van der Waals surface area contributed by atoms with Crippen molar-refractivity contribution in [1.29, 1.82) is 0 Å². The molecule has 2 rings (SSSR count). The van der Waals surface area contributed by atoms with E-state index in [9.17, 15) is 4.79 Å². The number of amides is 1. The summed E-state index contributed by atoms with van der Waals surface area (Å²) in [6, 6.07) is 2.05. The van der Waals surface area contributed by atoms with E-state index in [-0.39, 0.29) is 11.9 Å². The number of hydrogen-bond donors (Lipinski definition) is 3. The second kappa shape index (κ2) is 4.93. The fourth-order valence-corrected chi connectivity index (χ4v) is 2.78. The Morgan fingerprint density at radius 3 is 3.00 bits per heavy atom. The van der Waals surface area contributed by atoms with Gasteiger partial charge in [-0.25, -0.2) is 0 Å². The van der Waals surface area contributed by atoms with Crippen molar-refractivity contribution in [1.82, 2.24) is 15.6 Å². The van der Waals surface area contributed by atoms with Crippen LogP contribution in [0.3, 0.4) is 0 Å². The van der Waals surface area contributed by atoms with Gasteiger partial charge in [0.1, 0.15) is 0 Å². The Kier molecular flexibility index (Phi) is 3.56. The number of rotatable bonds is 3. The topological polar surface area (TPSA) is 56.9 Å². The lowest BCUT2D eigenvalue weighted by atomic mass is 10.2. The molecule has 1 unspecified atom stereocenters. The van der Waals surface area contributed by atoms with E-state index in [0.717, 1.165) is 28.6 Å². The van der Waals surface area contributed by atoms with Crippen molar-refractivity contribution < 1.29 is 4.79 Å². The van der Waals surface area contributed by atoms with Crippen LogP contribution in [0.4, 0.5) is 0 Å². The zero-order valence-corrected chi connectivity index (χ0v) is 10.4. The maximum absolute atomic E-state index is 11.7. The van der Waals surface area contributed by atoms with Crippen LogP contribution < -0.4 is 10.6 Å². The van der Waals surface area contributed by atoms with Crippen LogP contribution in [0, 0.1) is 13.8 Å². The van der Waals surface area contributed by atoms with Gasteiger partial charge >= 0.3 is 0 Å². The fourth-order valence-electron chi connectivity index (χ4n) is 1.83. The third-order valence-electron chi connectivity index (χ3n) is 2.74. The van der Waals surface area contributed by atoms with Crippen LogP contribution in [0.1, 0.15) is 17.0 Å². The highest BCUT2D eigenvalue weighted by atomic mass is 32.2. The Balaban J connectivity index is 1.87. The van der Waals surface area contributed by atoms with Gasteiger partial charge < -0.3 is 10.3 Å². The average molecular weight is 239 g/mol. The normalized spacial score (nSPS) is 20.0. The lowest BCUT2D eigenvalue weighted by Crippen LogP contribution is -2.41. The molecule has 0 aromatic carbocycles.